The van der Waals surface area contributed by atoms with Crippen molar-refractivity contribution in [2.75, 3.05) is 19.4 Å². The molecule has 0 aromatic heterocycles. The lowest BCUT2D eigenvalue weighted by atomic mass is 10.1. The van der Waals surface area contributed by atoms with Crippen LogP contribution >= 0.6 is 0 Å². The molecular formula is C15H25NO3S. The van der Waals surface area contributed by atoms with Crippen LogP contribution in [0.3, 0.4) is 0 Å². The van der Waals surface area contributed by atoms with Crippen LogP contribution in [0.1, 0.15) is 37.9 Å². The van der Waals surface area contributed by atoms with Gasteiger partial charge >= 0.3 is 0 Å². The van der Waals surface area contributed by atoms with Crippen molar-refractivity contribution in [2.24, 2.45) is 0 Å². The zero-order valence-corrected chi connectivity index (χ0v) is 13.8. The van der Waals surface area contributed by atoms with Crippen LogP contribution in [0.5, 0.6) is 5.75 Å². The lowest BCUT2D eigenvalue weighted by Gasteiger charge is -2.17. The number of rotatable bonds is 7. The summed E-state index contributed by atoms with van der Waals surface area (Å²) in [7, 11) is -1.17. The first kappa shape index (κ1) is 17.0. The van der Waals surface area contributed by atoms with E-state index in [1.165, 1.54) is 0 Å². The zero-order valence-electron chi connectivity index (χ0n) is 12.9. The molecule has 0 saturated carbocycles. The molecule has 1 atom stereocenters. The number of sulfone groups is 1. The van der Waals surface area contributed by atoms with E-state index < -0.39 is 9.84 Å². The average Bonchev–Trinajstić information content (AvgIpc) is 2.37. The van der Waals surface area contributed by atoms with Gasteiger partial charge in [0, 0.05) is 11.6 Å². The van der Waals surface area contributed by atoms with Gasteiger partial charge in [-0.25, -0.2) is 8.42 Å². The van der Waals surface area contributed by atoms with Crippen molar-refractivity contribution in [3.05, 3.63) is 29.3 Å². The summed E-state index contributed by atoms with van der Waals surface area (Å²) in [6.07, 6.45) is 0. The molecule has 5 heteroatoms. The Labute approximate surface area is 122 Å². The number of hydrogen-bond donors (Lipinski definition) is 1. The van der Waals surface area contributed by atoms with Gasteiger partial charge in [-0.05, 0) is 46.4 Å². The maximum absolute atomic E-state index is 11.8. The van der Waals surface area contributed by atoms with E-state index in [9.17, 15) is 8.42 Å². The number of hydrogen-bond acceptors (Lipinski definition) is 4. The molecule has 0 aliphatic rings. The molecule has 0 radical (unpaired) electrons. The van der Waals surface area contributed by atoms with E-state index in [-0.39, 0.29) is 23.7 Å². The highest BCUT2D eigenvalue weighted by Crippen LogP contribution is 2.26. The van der Waals surface area contributed by atoms with Crippen molar-refractivity contribution in [2.45, 2.75) is 39.0 Å². The van der Waals surface area contributed by atoms with Crippen LogP contribution in [0.25, 0.3) is 0 Å². The topological polar surface area (TPSA) is 55.4 Å². The minimum absolute atomic E-state index is 0.0476. The van der Waals surface area contributed by atoms with Crippen LogP contribution < -0.4 is 10.1 Å². The van der Waals surface area contributed by atoms with Crippen molar-refractivity contribution < 1.29 is 13.2 Å². The van der Waals surface area contributed by atoms with Gasteiger partial charge in [-0.1, -0.05) is 12.1 Å². The number of ether oxygens (including phenoxy) is 1. The van der Waals surface area contributed by atoms with Gasteiger partial charge in [0.2, 0.25) is 0 Å². The Balaban J connectivity index is 2.80. The molecule has 20 heavy (non-hydrogen) atoms. The maximum atomic E-state index is 11.8. The average molecular weight is 299 g/mol. The highest BCUT2D eigenvalue weighted by molar-refractivity contribution is 7.91. The highest BCUT2D eigenvalue weighted by Gasteiger charge is 2.17. The second-order valence-corrected chi connectivity index (χ2v) is 7.99. The normalized spacial score (nSPS) is 13.5. The zero-order chi connectivity index (χ0) is 15.3. The van der Waals surface area contributed by atoms with E-state index in [4.69, 9.17) is 4.74 Å². The third-order valence-corrected chi connectivity index (χ3v) is 5.58. The predicted octanol–water partition coefficient (Wildman–Crippen LogP) is 2.48. The standard InChI is InChI=1S/C15H25NO3S/c1-11(2)20(17,18)9-8-19-15-10-12(3)6-7-14(15)13(4)16-5/h6-7,10-11,13,16H,8-9H2,1-5H3. The molecule has 0 spiro atoms. The Hall–Kier alpha value is -1.07. The molecule has 0 heterocycles. The molecule has 0 fully saturated rings. The summed E-state index contributed by atoms with van der Waals surface area (Å²) < 4.78 is 29.2. The van der Waals surface area contributed by atoms with Gasteiger partial charge in [-0.2, -0.15) is 0 Å². The van der Waals surface area contributed by atoms with E-state index >= 15 is 0 Å². The SMILES string of the molecule is CNC(C)c1ccc(C)cc1OCCS(=O)(=O)C(C)C. The van der Waals surface area contributed by atoms with Gasteiger partial charge in [0.25, 0.3) is 0 Å². The second-order valence-electron chi connectivity index (χ2n) is 5.32. The maximum Gasteiger partial charge on any atom is 0.155 e. The van der Waals surface area contributed by atoms with Crippen LogP contribution in [0.15, 0.2) is 18.2 Å². The van der Waals surface area contributed by atoms with Crippen LogP contribution in [0.4, 0.5) is 0 Å². The van der Waals surface area contributed by atoms with Gasteiger partial charge < -0.3 is 10.1 Å². The molecule has 0 aliphatic heterocycles. The van der Waals surface area contributed by atoms with E-state index in [1.807, 2.05) is 39.1 Å². The molecule has 0 aliphatic carbocycles. The fourth-order valence-corrected chi connectivity index (χ4v) is 2.57. The summed E-state index contributed by atoms with van der Waals surface area (Å²) >= 11 is 0. The highest BCUT2D eigenvalue weighted by atomic mass is 32.2. The third-order valence-electron chi connectivity index (χ3n) is 3.41. The largest absolute Gasteiger partial charge is 0.492 e. The van der Waals surface area contributed by atoms with Crippen LogP contribution in [-0.2, 0) is 9.84 Å². The van der Waals surface area contributed by atoms with Crippen LogP contribution in [-0.4, -0.2) is 33.1 Å². The summed E-state index contributed by atoms with van der Waals surface area (Å²) in [6, 6.07) is 6.15. The molecule has 0 bridgehead atoms. The van der Waals surface area contributed by atoms with Gasteiger partial charge in [0.1, 0.15) is 12.4 Å². The Morgan fingerprint density at radius 1 is 1.25 bits per heavy atom. The molecule has 1 unspecified atom stereocenters. The smallest absolute Gasteiger partial charge is 0.155 e. The van der Waals surface area contributed by atoms with Crippen molar-refractivity contribution in [1.82, 2.24) is 5.32 Å². The van der Waals surface area contributed by atoms with E-state index in [0.29, 0.717) is 0 Å². The summed E-state index contributed by atoms with van der Waals surface area (Å²) in [5.41, 5.74) is 2.14. The number of aryl methyl sites for hydroxylation is 1. The van der Waals surface area contributed by atoms with Crippen molar-refractivity contribution in [3.63, 3.8) is 0 Å². The fourth-order valence-electron chi connectivity index (χ4n) is 1.78. The second kappa shape index (κ2) is 7.09. The molecule has 114 valence electrons. The van der Waals surface area contributed by atoms with Gasteiger partial charge in [0.15, 0.2) is 9.84 Å². The first-order chi connectivity index (χ1) is 9.27. The van der Waals surface area contributed by atoms with E-state index in [2.05, 4.69) is 5.32 Å². The minimum atomic E-state index is -3.06. The Morgan fingerprint density at radius 3 is 2.45 bits per heavy atom. The van der Waals surface area contributed by atoms with Gasteiger partial charge in [-0.3, -0.25) is 0 Å². The van der Waals surface area contributed by atoms with Crippen molar-refractivity contribution in [1.29, 1.82) is 0 Å². The lowest BCUT2D eigenvalue weighted by Crippen LogP contribution is -2.22. The monoisotopic (exact) mass is 299 g/mol. The fraction of sp³-hybridized carbons (Fsp3) is 0.600. The first-order valence-corrected chi connectivity index (χ1v) is 8.61. The molecule has 0 saturated heterocycles. The molecule has 1 N–H and O–H groups in total. The predicted molar refractivity (Wildman–Crippen MR) is 83.1 cm³/mol. The summed E-state index contributed by atoms with van der Waals surface area (Å²) in [4.78, 5) is 0. The lowest BCUT2D eigenvalue weighted by molar-refractivity contribution is 0.333. The molecule has 1 aromatic rings. The van der Waals surface area contributed by atoms with Gasteiger partial charge in [0.05, 0.1) is 11.0 Å². The summed E-state index contributed by atoms with van der Waals surface area (Å²) in [6.45, 7) is 7.61. The third kappa shape index (κ3) is 4.49. The summed E-state index contributed by atoms with van der Waals surface area (Å²) in [5.74, 6) is 0.803. The number of nitrogens with one attached hydrogen (secondary N) is 1. The van der Waals surface area contributed by atoms with Crippen LogP contribution in [0, 0.1) is 6.92 Å². The van der Waals surface area contributed by atoms with Crippen molar-refractivity contribution in [3.8, 4) is 5.75 Å². The van der Waals surface area contributed by atoms with Gasteiger partial charge in [-0.15, -0.1) is 0 Å². The molecule has 4 nitrogen and oxygen atoms in total. The van der Waals surface area contributed by atoms with Crippen molar-refractivity contribution >= 4 is 9.84 Å². The van der Waals surface area contributed by atoms with E-state index in [0.717, 1.165) is 16.9 Å². The van der Waals surface area contributed by atoms with E-state index in [1.54, 1.807) is 13.8 Å². The Morgan fingerprint density at radius 2 is 1.90 bits per heavy atom. The molecule has 1 aromatic carbocycles. The summed E-state index contributed by atoms with van der Waals surface area (Å²) in [5, 5.41) is 2.81. The van der Waals surface area contributed by atoms with Crippen LogP contribution in [0.2, 0.25) is 0 Å². The minimum Gasteiger partial charge on any atom is -0.492 e. The molecular weight excluding hydrogens is 274 g/mol. The first-order valence-electron chi connectivity index (χ1n) is 6.90. The number of benzene rings is 1. The Kier molecular flexibility index (Phi) is 6.02. The Bertz CT molecular complexity index is 538. The quantitative estimate of drug-likeness (QED) is 0.840. The molecule has 1 rings (SSSR count). The molecule has 0 amide bonds.